The highest BCUT2D eigenvalue weighted by atomic mass is 19.4. The Balaban J connectivity index is 2.52. The number of alkyl halides is 5. The standard InChI is InChI=1S/C12H14F5NO2/c1-18(7-10(19)12(15,16)17)6-8-2-4-9(5-3-8)20-11(13)14/h2-5,10-11,19H,6-7H2,1H3. The van der Waals surface area contributed by atoms with Crippen molar-refractivity contribution < 1.29 is 31.8 Å². The van der Waals surface area contributed by atoms with Gasteiger partial charge in [-0.2, -0.15) is 22.0 Å². The number of ether oxygens (including phenoxy) is 1. The summed E-state index contributed by atoms with van der Waals surface area (Å²) in [5.41, 5.74) is 0.614. The van der Waals surface area contributed by atoms with Crippen molar-refractivity contribution in [2.45, 2.75) is 25.4 Å². The molecule has 0 fully saturated rings. The predicted molar refractivity (Wildman–Crippen MR) is 61.5 cm³/mol. The van der Waals surface area contributed by atoms with Crippen LogP contribution >= 0.6 is 0 Å². The molecule has 1 rings (SSSR count). The monoisotopic (exact) mass is 299 g/mol. The number of nitrogens with zero attached hydrogens (tertiary/aromatic N) is 1. The molecule has 0 amide bonds. The topological polar surface area (TPSA) is 32.7 Å². The lowest BCUT2D eigenvalue weighted by Crippen LogP contribution is -2.39. The summed E-state index contributed by atoms with van der Waals surface area (Å²) in [5, 5.41) is 8.91. The number of benzene rings is 1. The minimum Gasteiger partial charge on any atom is -0.435 e. The highest BCUT2D eigenvalue weighted by Gasteiger charge is 2.38. The van der Waals surface area contributed by atoms with Crippen LogP contribution < -0.4 is 4.74 Å². The van der Waals surface area contributed by atoms with Crippen LogP contribution in [0.25, 0.3) is 0 Å². The number of rotatable bonds is 6. The number of likely N-dealkylation sites (N-methyl/N-ethyl adjacent to an activating group) is 1. The molecule has 0 radical (unpaired) electrons. The van der Waals surface area contributed by atoms with Crippen molar-refractivity contribution >= 4 is 0 Å². The molecule has 0 spiro atoms. The molecule has 114 valence electrons. The maximum Gasteiger partial charge on any atom is 0.415 e. The number of aliphatic hydroxyl groups is 1. The van der Waals surface area contributed by atoms with Crippen molar-refractivity contribution in [1.29, 1.82) is 0 Å². The third kappa shape index (κ3) is 5.70. The molecule has 1 N–H and O–H groups in total. The summed E-state index contributed by atoms with van der Waals surface area (Å²) in [4.78, 5) is 1.28. The fraction of sp³-hybridized carbons (Fsp3) is 0.500. The summed E-state index contributed by atoms with van der Waals surface area (Å²) < 4.78 is 64.5. The summed E-state index contributed by atoms with van der Waals surface area (Å²) in [6.07, 6.45) is -7.09. The number of hydrogen-bond donors (Lipinski definition) is 1. The van der Waals surface area contributed by atoms with Gasteiger partial charge in [-0.1, -0.05) is 12.1 Å². The van der Waals surface area contributed by atoms with Gasteiger partial charge in [-0.3, -0.25) is 4.90 Å². The fourth-order valence-corrected chi connectivity index (χ4v) is 1.55. The first-order chi connectivity index (χ1) is 9.18. The molecule has 1 atom stereocenters. The Morgan fingerprint density at radius 3 is 2.20 bits per heavy atom. The molecule has 1 aromatic rings. The molecule has 1 unspecified atom stereocenters. The molecule has 0 aromatic heterocycles. The van der Waals surface area contributed by atoms with Crippen LogP contribution in [0.5, 0.6) is 5.75 Å². The van der Waals surface area contributed by atoms with E-state index in [1.54, 1.807) is 0 Å². The van der Waals surface area contributed by atoms with Crippen LogP contribution in [0.15, 0.2) is 24.3 Å². The minimum atomic E-state index is -4.66. The Morgan fingerprint density at radius 2 is 1.75 bits per heavy atom. The summed E-state index contributed by atoms with van der Waals surface area (Å²) in [6.45, 7) is -3.36. The fourth-order valence-electron chi connectivity index (χ4n) is 1.55. The van der Waals surface area contributed by atoms with Crippen molar-refractivity contribution in [1.82, 2.24) is 4.90 Å². The third-order valence-corrected chi connectivity index (χ3v) is 2.46. The maximum atomic E-state index is 12.2. The molecular weight excluding hydrogens is 285 g/mol. The molecule has 0 saturated carbocycles. The summed E-state index contributed by atoms with van der Waals surface area (Å²) in [6, 6.07) is 5.54. The van der Waals surface area contributed by atoms with Crippen LogP contribution in [-0.4, -0.2) is 42.5 Å². The van der Waals surface area contributed by atoms with E-state index < -0.39 is 25.4 Å². The highest BCUT2D eigenvalue weighted by molar-refractivity contribution is 5.27. The normalized spacial score (nSPS) is 13.8. The lowest BCUT2D eigenvalue weighted by Gasteiger charge is -2.22. The van der Waals surface area contributed by atoms with Crippen LogP contribution in [0.2, 0.25) is 0 Å². The highest BCUT2D eigenvalue weighted by Crippen LogP contribution is 2.21. The van der Waals surface area contributed by atoms with Gasteiger partial charge in [0, 0.05) is 13.1 Å². The summed E-state index contributed by atoms with van der Waals surface area (Å²) >= 11 is 0. The second-order valence-corrected chi connectivity index (χ2v) is 4.28. The van der Waals surface area contributed by atoms with Gasteiger partial charge < -0.3 is 9.84 Å². The van der Waals surface area contributed by atoms with E-state index in [1.807, 2.05) is 0 Å². The van der Waals surface area contributed by atoms with E-state index in [0.29, 0.717) is 5.56 Å². The van der Waals surface area contributed by atoms with Crippen molar-refractivity contribution in [3.63, 3.8) is 0 Å². The van der Waals surface area contributed by atoms with E-state index >= 15 is 0 Å². The molecule has 0 aliphatic carbocycles. The van der Waals surface area contributed by atoms with Crippen LogP contribution in [0.4, 0.5) is 22.0 Å². The Kier molecular flexibility index (Phi) is 5.70. The second kappa shape index (κ2) is 6.85. The van der Waals surface area contributed by atoms with Crippen LogP contribution in [0, 0.1) is 0 Å². The van der Waals surface area contributed by atoms with Gasteiger partial charge in [0.25, 0.3) is 0 Å². The van der Waals surface area contributed by atoms with Crippen molar-refractivity contribution in [2.75, 3.05) is 13.6 Å². The zero-order chi connectivity index (χ0) is 15.3. The van der Waals surface area contributed by atoms with Gasteiger partial charge in [-0.25, -0.2) is 0 Å². The van der Waals surface area contributed by atoms with Gasteiger partial charge in [-0.05, 0) is 24.7 Å². The van der Waals surface area contributed by atoms with Crippen LogP contribution in [0.3, 0.4) is 0 Å². The molecule has 0 saturated heterocycles. The number of hydrogen-bond acceptors (Lipinski definition) is 3. The second-order valence-electron chi connectivity index (χ2n) is 4.28. The van der Waals surface area contributed by atoms with E-state index in [2.05, 4.69) is 4.74 Å². The first-order valence-electron chi connectivity index (χ1n) is 5.65. The van der Waals surface area contributed by atoms with E-state index in [9.17, 15) is 22.0 Å². The quantitative estimate of drug-likeness (QED) is 0.820. The van der Waals surface area contributed by atoms with Gasteiger partial charge >= 0.3 is 12.8 Å². The Hall–Kier alpha value is -1.41. The van der Waals surface area contributed by atoms with Crippen LogP contribution in [-0.2, 0) is 6.54 Å². The van der Waals surface area contributed by atoms with Gasteiger partial charge in [0.1, 0.15) is 5.75 Å². The molecular formula is C12H14F5NO2. The third-order valence-electron chi connectivity index (χ3n) is 2.46. The van der Waals surface area contributed by atoms with Gasteiger partial charge in [-0.15, -0.1) is 0 Å². The summed E-state index contributed by atoms with van der Waals surface area (Å²) in [7, 11) is 1.42. The number of halogens is 5. The minimum absolute atomic E-state index is 0.0262. The molecule has 0 aliphatic rings. The first kappa shape index (κ1) is 16.6. The first-order valence-corrected chi connectivity index (χ1v) is 5.65. The smallest absolute Gasteiger partial charge is 0.415 e. The van der Waals surface area contributed by atoms with E-state index in [-0.39, 0.29) is 12.3 Å². The average molecular weight is 299 g/mol. The van der Waals surface area contributed by atoms with Crippen molar-refractivity contribution in [3.05, 3.63) is 29.8 Å². The molecule has 1 aromatic carbocycles. The zero-order valence-electron chi connectivity index (χ0n) is 10.6. The van der Waals surface area contributed by atoms with E-state index in [4.69, 9.17) is 5.11 Å². The molecule has 20 heavy (non-hydrogen) atoms. The Morgan fingerprint density at radius 1 is 1.20 bits per heavy atom. The van der Waals surface area contributed by atoms with E-state index in [0.717, 1.165) is 0 Å². The van der Waals surface area contributed by atoms with Crippen molar-refractivity contribution in [3.8, 4) is 5.75 Å². The molecule has 0 aliphatic heterocycles. The predicted octanol–water partition coefficient (Wildman–Crippen LogP) is 2.64. The van der Waals surface area contributed by atoms with E-state index in [1.165, 1.54) is 36.2 Å². The molecule has 0 heterocycles. The zero-order valence-corrected chi connectivity index (χ0v) is 10.6. The Labute approximate surface area is 112 Å². The molecule has 3 nitrogen and oxygen atoms in total. The van der Waals surface area contributed by atoms with Gasteiger partial charge in [0.15, 0.2) is 6.10 Å². The lowest BCUT2D eigenvalue weighted by atomic mass is 10.2. The van der Waals surface area contributed by atoms with Crippen molar-refractivity contribution in [2.24, 2.45) is 0 Å². The molecule has 0 bridgehead atoms. The lowest BCUT2D eigenvalue weighted by molar-refractivity contribution is -0.207. The number of aliphatic hydroxyl groups excluding tert-OH is 1. The largest absolute Gasteiger partial charge is 0.435 e. The molecule has 8 heteroatoms. The maximum absolute atomic E-state index is 12.2. The summed E-state index contributed by atoms with van der Waals surface area (Å²) in [5.74, 6) is -0.0262. The van der Waals surface area contributed by atoms with Gasteiger partial charge in [0.2, 0.25) is 0 Å². The van der Waals surface area contributed by atoms with Gasteiger partial charge in [0.05, 0.1) is 0 Å². The average Bonchev–Trinajstić information content (AvgIpc) is 2.29. The Bertz CT molecular complexity index is 407. The van der Waals surface area contributed by atoms with Crippen LogP contribution in [0.1, 0.15) is 5.56 Å². The SMILES string of the molecule is CN(Cc1ccc(OC(F)F)cc1)CC(O)C(F)(F)F.